The van der Waals surface area contributed by atoms with Crippen LogP contribution in [0.3, 0.4) is 0 Å². The summed E-state index contributed by atoms with van der Waals surface area (Å²) in [6, 6.07) is 0.287. The summed E-state index contributed by atoms with van der Waals surface area (Å²) < 4.78 is 1.91. The van der Waals surface area contributed by atoms with Gasteiger partial charge in [0.1, 0.15) is 0 Å². The molecule has 1 aliphatic carbocycles. The molecule has 4 nitrogen and oxygen atoms in total. The maximum atomic E-state index is 12.2. The van der Waals surface area contributed by atoms with Crippen LogP contribution >= 0.6 is 0 Å². The lowest BCUT2D eigenvalue weighted by Crippen LogP contribution is -2.30. The fraction of sp³-hybridized carbons (Fsp3) is 0.667. The summed E-state index contributed by atoms with van der Waals surface area (Å²) in [6.07, 6.45) is 7.31. The van der Waals surface area contributed by atoms with Crippen LogP contribution in [0.15, 0.2) is 12.4 Å². The predicted molar refractivity (Wildman–Crippen MR) is 62.2 cm³/mol. The number of nitrogens with zero attached hydrogens (tertiary/aromatic N) is 2. The van der Waals surface area contributed by atoms with Crippen molar-refractivity contribution < 1.29 is 4.79 Å². The molecule has 1 aliphatic rings. The molecule has 0 amide bonds. The molecule has 88 valence electrons. The highest BCUT2D eigenvalue weighted by atomic mass is 16.1. The second-order valence-electron chi connectivity index (χ2n) is 4.51. The topological polar surface area (TPSA) is 60.9 Å². The molecule has 0 bridgehead atoms. The first-order valence-electron chi connectivity index (χ1n) is 6.03. The summed E-state index contributed by atoms with van der Waals surface area (Å²) in [4.78, 5) is 16.4. The Balaban J connectivity index is 2.07. The molecule has 4 heteroatoms. The van der Waals surface area contributed by atoms with E-state index in [0.717, 1.165) is 32.2 Å². The van der Waals surface area contributed by atoms with Crippen LogP contribution in [0.5, 0.6) is 0 Å². The van der Waals surface area contributed by atoms with E-state index >= 15 is 0 Å². The Hall–Kier alpha value is -1.16. The van der Waals surface area contributed by atoms with Crippen LogP contribution in [0, 0.1) is 5.92 Å². The molecular formula is C12H19N3O. The first-order valence-corrected chi connectivity index (χ1v) is 6.03. The predicted octanol–water partition coefficient (Wildman–Crippen LogP) is 1.60. The van der Waals surface area contributed by atoms with E-state index in [1.165, 1.54) is 0 Å². The van der Waals surface area contributed by atoms with E-state index in [1.807, 2.05) is 17.7 Å². The van der Waals surface area contributed by atoms with Crippen LogP contribution in [-0.2, 0) is 6.54 Å². The number of aryl methyl sites for hydroxylation is 1. The SMILES string of the molecule is CCn1ccnc1C(=O)C1CCC(N)CC1. The Morgan fingerprint density at radius 1 is 1.50 bits per heavy atom. The number of nitrogens with two attached hydrogens (primary N) is 1. The van der Waals surface area contributed by atoms with Crippen molar-refractivity contribution in [1.82, 2.24) is 9.55 Å². The van der Waals surface area contributed by atoms with Crippen LogP contribution in [-0.4, -0.2) is 21.4 Å². The average molecular weight is 221 g/mol. The van der Waals surface area contributed by atoms with Gasteiger partial charge in [0.15, 0.2) is 5.82 Å². The number of hydrogen-bond donors (Lipinski definition) is 1. The summed E-state index contributed by atoms with van der Waals surface area (Å²) >= 11 is 0. The minimum Gasteiger partial charge on any atom is -0.329 e. The van der Waals surface area contributed by atoms with Gasteiger partial charge in [-0.05, 0) is 32.6 Å². The molecule has 0 saturated heterocycles. The number of imidazole rings is 1. The number of carbonyl (C=O) groups is 1. The van der Waals surface area contributed by atoms with Crippen molar-refractivity contribution in [2.45, 2.75) is 45.2 Å². The van der Waals surface area contributed by atoms with Crippen molar-refractivity contribution in [3.05, 3.63) is 18.2 Å². The van der Waals surface area contributed by atoms with Crippen molar-refractivity contribution in [1.29, 1.82) is 0 Å². The number of carbonyl (C=O) groups excluding carboxylic acids is 1. The van der Waals surface area contributed by atoms with Gasteiger partial charge < -0.3 is 10.3 Å². The van der Waals surface area contributed by atoms with Crippen LogP contribution in [0.2, 0.25) is 0 Å². The average Bonchev–Trinajstić information content (AvgIpc) is 2.77. The first kappa shape index (κ1) is 11.3. The van der Waals surface area contributed by atoms with E-state index in [2.05, 4.69) is 4.98 Å². The van der Waals surface area contributed by atoms with Crippen molar-refractivity contribution >= 4 is 5.78 Å². The Labute approximate surface area is 95.9 Å². The van der Waals surface area contributed by atoms with Crippen molar-refractivity contribution in [3.63, 3.8) is 0 Å². The third kappa shape index (κ3) is 2.16. The maximum Gasteiger partial charge on any atom is 0.201 e. The molecule has 2 N–H and O–H groups in total. The largest absolute Gasteiger partial charge is 0.329 e. The Bertz CT molecular complexity index is 364. The second kappa shape index (κ2) is 4.78. The number of Topliss-reactive ketones (excluding diaryl/α,β-unsaturated/α-hetero) is 1. The third-order valence-electron chi connectivity index (χ3n) is 3.42. The number of aromatic nitrogens is 2. The summed E-state index contributed by atoms with van der Waals surface area (Å²) in [5.41, 5.74) is 5.84. The van der Waals surface area contributed by atoms with Crippen molar-refractivity contribution in [2.24, 2.45) is 11.7 Å². The fourth-order valence-electron chi connectivity index (χ4n) is 2.35. The Kier molecular flexibility index (Phi) is 3.39. The second-order valence-corrected chi connectivity index (χ2v) is 4.51. The van der Waals surface area contributed by atoms with Gasteiger partial charge in [0.2, 0.25) is 5.78 Å². The number of rotatable bonds is 3. The van der Waals surface area contributed by atoms with Gasteiger partial charge in [0, 0.05) is 30.9 Å². The molecule has 0 unspecified atom stereocenters. The maximum absolute atomic E-state index is 12.2. The number of ketones is 1. The lowest BCUT2D eigenvalue weighted by atomic mass is 9.83. The van der Waals surface area contributed by atoms with E-state index in [4.69, 9.17) is 5.73 Å². The summed E-state index contributed by atoms with van der Waals surface area (Å²) in [5, 5.41) is 0. The molecule has 1 heterocycles. The van der Waals surface area contributed by atoms with Crippen LogP contribution in [0.1, 0.15) is 43.2 Å². The lowest BCUT2D eigenvalue weighted by molar-refractivity contribution is 0.0869. The van der Waals surface area contributed by atoms with Gasteiger partial charge in [0.05, 0.1) is 0 Å². The molecule has 1 fully saturated rings. The highest BCUT2D eigenvalue weighted by molar-refractivity contribution is 5.94. The monoisotopic (exact) mass is 221 g/mol. The van der Waals surface area contributed by atoms with Crippen LogP contribution < -0.4 is 5.73 Å². The lowest BCUT2D eigenvalue weighted by Gasteiger charge is -2.24. The minimum atomic E-state index is 0.132. The quantitative estimate of drug-likeness (QED) is 0.789. The molecule has 0 aliphatic heterocycles. The molecule has 0 radical (unpaired) electrons. The van der Waals surface area contributed by atoms with E-state index in [9.17, 15) is 4.79 Å². The molecule has 0 spiro atoms. The molecule has 0 atom stereocenters. The Morgan fingerprint density at radius 3 is 2.81 bits per heavy atom. The van der Waals surface area contributed by atoms with E-state index < -0.39 is 0 Å². The highest BCUT2D eigenvalue weighted by Gasteiger charge is 2.27. The third-order valence-corrected chi connectivity index (χ3v) is 3.42. The normalized spacial score (nSPS) is 25.6. The summed E-state index contributed by atoms with van der Waals surface area (Å²) in [6.45, 7) is 2.82. The standard InChI is InChI=1S/C12H19N3O/c1-2-15-8-7-14-12(15)11(16)9-3-5-10(13)6-4-9/h7-10H,2-6,13H2,1H3. The molecule has 1 aromatic heterocycles. The summed E-state index contributed by atoms with van der Waals surface area (Å²) in [5.74, 6) is 0.939. The smallest absolute Gasteiger partial charge is 0.201 e. The highest BCUT2D eigenvalue weighted by Crippen LogP contribution is 2.26. The molecule has 2 rings (SSSR count). The summed E-state index contributed by atoms with van der Waals surface area (Å²) in [7, 11) is 0. The van der Waals surface area contributed by atoms with E-state index in [0.29, 0.717) is 5.82 Å². The Morgan fingerprint density at radius 2 is 2.19 bits per heavy atom. The van der Waals surface area contributed by atoms with E-state index in [1.54, 1.807) is 6.20 Å². The van der Waals surface area contributed by atoms with Crippen LogP contribution in [0.25, 0.3) is 0 Å². The van der Waals surface area contributed by atoms with Gasteiger partial charge in [-0.25, -0.2) is 4.98 Å². The molecule has 1 aromatic rings. The minimum absolute atomic E-state index is 0.132. The van der Waals surface area contributed by atoms with Gasteiger partial charge in [-0.15, -0.1) is 0 Å². The van der Waals surface area contributed by atoms with Gasteiger partial charge in [-0.2, -0.15) is 0 Å². The van der Waals surface area contributed by atoms with Gasteiger partial charge >= 0.3 is 0 Å². The van der Waals surface area contributed by atoms with Crippen molar-refractivity contribution in [2.75, 3.05) is 0 Å². The zero-order valence-electron chi connectivity index (χ0n) is 9.72. The molecule has 1 saturated carbocycles. The fourth-order valence-corrected chi connectivity index (χ4v) is 2.35. The molecular weight excluding hydrogens is 202 g/mol. The van der Waals surface area contributed by atoms with Crippen LogP contribution in [0.4, 0.5) is 0 Å². The van der Waals surface area contributed by atoms with Gasteiger partial charge in [-0.1, -0.05) is 0 Å². The van der Waals surface area contributed by atoms with Gasteiger partial charge in [-0.3, -0.25) is 4.79 Å². The van der Waals surface area contributed by atoms with E-state index in [-0.39, 0.29) is 17.7 Å². The zero-order chi connectivity index (χ0) is 11.5. The first-order chi connectivity index (χ1) is 7.72. The van der Waals surface area contributed by atoms with Crippen molar-refractivity contribution in [3.8, 4) is 0 Å². The number of hydrogen-bond acceptors (Lipinski definition) is 3. The molecule has 0 aromatic carbocycles. The molecule has 16 heavy (non-hydrogen) atoms. The zero-order valence-corrected chi connectivity index (χ0v) is 9.72. The van der Waals surface area contributed by atoms with Gasteiger partial charge in [0.25, 0.3) is 0 Å².